The van der Waals surface area contributed by atoms with Gasteiger partial charge in [0.05, 0.1) is 6.61 Å². The molecule has 1 unspecified atom stereocenters. The third-order valence-electron chi connectivity index (χ3n) is 1.54. The molecule has 1 saturated heterocycles. The summed E-state index contributed by atoms with van der Waals surface area (Å²) in [5.41, 5.74) is 0. The van der Waals surface area contributed by atoms with Crippen molar-refractivity contribution in [2.45, 2.75) is 18.5 Å². The van der Waals surface area contributed by atoms with E-state index in [4.69, 9.17) is 14.6 Å². The van der Waals surface area contributed by atoms with E-state index >= 15 is 0 Å². The van der Waals surface area contributed by atoms with Crippen LogP contribution in [0.3, 0.4) is 0 Å². The van der Waals surface area contributed by atoms with Gasteiger partial charge in [-0.3, -0.25) is 0 Å². The Morgan fingerprint density at radius 3 is 3.11 bits per heavy atom. The number of aliphatic hydroxyl groups is 1. The molecule has 2 rings (SSSR count). The summed E-state index contributed by atoms with van der Waals surface area (Å²) >= 11 is 0. The molecule has 9 heavy (non-hydrogen) atoms. The molecule has 0 aromatic carbocycles. The largest absolute Gasteiger partial charge is 0.384 e. The summed E-state index contributed by atoms with van der Waals surface area (Å²) in [4.78, 5) is 0. The molecular weight excluding hydrogens is 120 g/mol. The van der Waals surface area contributed by atoms with E-state index in [0.29, 0.717) is 6.61 Å². The second-order valence-corrected chi connectivity index (χ2v) is 2.25. The van der Waals surface area contributed by atoms with Crippen LogP contribution in [0.25, 0.3) is 0 Å². The van der Waals surface area contributed by atoms with Crippen molar-refractivity contribution in [3.8, 4) is 0 Å². The molecule has 0 aliphatic carbocycles. The number of hydrogen-bond acceptors (Lipinski definition) is 3. The minimum Gasteiger partial charge on any atom is -0.384 e. The van der Waals surface area contributed by atoms with Gasteiger partial charge < -0.3 is 14.6 Å². The highest BCUT2D eigenvalue weighted by molar-refractivity contribution is 5.02. The minimum absolute atomic E-state index is 0.0819. The van der Waals surface area contributed by atoms with Crippen LogP contribution < -0.4 is 0 Å². The second-order valence-electron chi connectivity index (χ2n) is 2.25. The Morgan fingerprint density at radius 1 is 1.44 bits per heavy atom. The number of fused-ring (bicyclic) bond motifs is 2. The van der Waals surface area contributed by atoms with Crippen LogP contribution >= 0.6 is 0 Å². The summed E-state index contributed by atoms with van der Waals surface area (Å²) in [6, 6.07) is 0. The molecule has 1 N–H and O–H groups in total. The van der Waals surface area contributed by atoms with Crippen LogP contribution in [-0.4, -0.2) is 30.2 Å². The molecule has 0 radical (unpaired) electrons. The molecule has 2 aliphatic rings. The molecule has 50 valence electrons. The van der Waals surface area contributed by atoms with Gasteiger partial charge in [-0.15, -0.1) is 0 Å². The summed E-state index contributed by atoms with van der Waals surface area (Å²) in [6.45, 7) is 0.582. The molecule has 2 heterocycles. The Balaban J connectivity index is 2.19. The zero-order valence-electron chi connectivity index (χ0n) is 4.86. The standard InChI is InChI=1S/C6H8O3/c7-5-2-1-4-3-8-6(5)9-4/h1-2,4-7H,3H2/t4-,5+,6?/m0/s1. The highest BCUT2D eigenvalue weighted by Gasteiger charge is 2.32. The molecule has 0 spiro atoms. The zero-order chi connectivity index (χ0) is 6.27. The van der Waals surface area contributed by atoms with Crippen LogP contribution in [0.15, 0.2) is 12.2 Å². The van der Waals surface area contributed by atoms with E-state index in [0.717, 1.165) is 0 Å². The smallest absolute Gasteiger partial charge is 0.188 e. The molecule has 2 aliphatic heterocycles. The molecule has 3 heteroatoms. The van der Waals surface area contributed by atoms with Crippen LogP contribution in [0.4, 0.5) is 0 Å². The minimum atomic E-state index is -0.566. The van der Waals surface area contributed by atoms with E-state index in [1.165, 1.54) is 0 Å². The van der Waals surface area contributed by atoms with E-state index in [-0.39, 0.29) is 6.10 Å². The van der Waals surface area contributed by atoms with E-state index < -0.39 is 12.4 Å². The van der Waals surface area contributed by atoms with Gasteiger partial charge in [0, 0.05) is 0 Å². The normalized spacial score (nSPS) is 47.9. The van der Waals surface area contributed by atoms with Gasteiger partial charge in [-0.2, -0.15) is 0 Å². The van der Waals surface area contributed by atoms with Gasteiger partial charge in [0.15, 0.2) is 6.29 Å². The van der Waals surface area contributed by atoms with Gasteiger partial charge in [0.2, 0.25) is 0 Å². The molecule has 2 bridgehead atoms. The third-order valence-corrected chi connectivity index (χ3v) is 1.54. The lowest BCUT2D eigenvalue weighted by Crippen LogP contribution is -2.28. The van der Waals surface area contributed by atoms with Crippen molar-refractivity contribution >= 4 is 0 Å². The fraction of sp³-hybridized carbons (Fsp3) is 0.667. The summed E-state index contributed by atoms with van der Waals surface area (Å²) in [5, 5.41) is 9.06. The van der Waals surface area contributed by atoms with Crippen molar-refractivity contribution in [1.29, 1.82) is 0 Å². The van der Waals surface area contributed by atoms with Crippen molar-refractivity contribution in [3.63, 3.8) is 0 Å². The zero-order valence-corrected chi connectivity index (χ0v) is 4.86. The highest BCUT2D eigenvalue weighted by Crippen LogP contribution is 2.20. The van der Waals surface area contributed by atoms with Crippen molar-refractivity contribution in [3.05, 3.63) is 12.2 Å². The van der Waals surface area contributed by atoms with Crippen LogP contribution in [0, 0.1) is 0 Å². The predicted molar refractivity (Wildman–Crippen MR) is 29.8 cm³/mol. The van der Waals surface area contributed by atoms with Crippen molar-refractivity contribution in [1.82, 2.24) is 0 Å². The highest BCUT2D eigenvalue weighted by atomic mass is 16.7. The number of aliphatic hydroxyl groups excluding tert-OH is 1. The van der Waals surface area contributed by atoms with Crippen molar-refractivity contribution in [2.75, 3.05) is 6.61 Å². The first-order valence-corrected chi connectivity index (χ1v) is 3.00. The van der Waals surface area contributed by atoms with Crippen LogP contribution in [0.2, 0.25) is 0 Å². The summed E-state index contributed by atoms with van der Waals surface area (Å²) in [5.74, 6) is 0. The van der Waals surface area contributed by atoms with Gasteiger partial charge in [0.25, 0.3) is 0 Å². The van der Waals surface area contributed by atoms with E-state index in [1.807, 2.05) is 6.08 Å². The van der Waals surface area contributed by atoms with Gasteiger partial charge in [-0.05, 0) is 0 Å². The maximum absolute atomic E-state index is 9.06. The Hall–Kier alpha value is -0.380. The lowest BCUT2D eigenvalue weighted by atomic mass is 10.2. The summed E-state index contributed by atoms with van der Waals surface area (Å²) < 4.78 is 10.2. The van der Waals surface area contributed by atoms with Crippen molar-refractivity contribution in [2.24, 2.45) is 0 Å². The number of ether oxygens (including phenoxy) is 2. The maximum Gasteiger partial charge on any atom is 0.188 e. The third kappa shape index (κ3) is 0.775. The lowest BCUT2D eigenvalue weighted by Gasteiger charge is -2.17. The Kier molecular flexibility index (Phi) is 1.08. The average molecular weight is 128 g/mol. The first-order valence-electron chi connectivity index (χ1n) is 3.00. The molecule has 3 atom stereocenters. The number of rotatable bonds is 0. The van der Waals surface area contributed by atoms with Gasteiger partial charge in [0.1, 0.15) is 12.2 Å². The van der Waals surface area contributed by atoms with Crippen molar-refractivity contribution < 1.29 is 14.6 Å². The second kappa shape index (κ2) is 1.80. The molecule has 0 aromatic rings. The quantitative estimate of drug-likeness (QED) is 0.453. The maximum atomic E-state index is 9.06. The fourth-order valence-electron chi connectivity index (χ4n) is 1.05. The molecule has 0 aromatic heterocycles. The van der Waals surface area contributed by atoms with Gasteiger partial charge >= 0.3 is 0 Å². The number of hydrogen-bond donors (Lipinski definition) is 1. The van der Waals surface area contributed by atoms with E-state index in [2.05, 4.69) is 0 Å². The first kappa shape index (κ1) is 5.41. The Labute approximate surface area is 52.9 Å². The van der Waals surface area contributed by atoms with E-state index in [9.17, 15) is 0 Å². The first-order chi connectivity index (χ1) is 4.36. The molecule has 1 fully saturated rings. The average Bonchev–Trinajstić information content (AvgIpc) is 2.25. The Morgan fingerprint density at radius 2 is 2.33 bits per heavy atom. The molecule has 3 nitrogen and oxygen atoms in total. The summed E-state index contributed by atoms with van der Waals surface area (Å²) in [6.07, 6.45) is 2.65. The van der Waals surface area contributed by atoms with Crippen LogP contribution in [-0.2, 0) is 9.47 Å². The predicted octanol–water partition coefficient (Wildman–Crippen LogP) is -0.341. The molecular formula is C6H8O3. The Bertz CT molecular complexity index is 143. The fourth-order valence-corrected chi connectivity index (χ4v) is 1.05. The lowest BCUT2D eigenvalue weighted by molar-refractivity contribution is -0.115. The van der Waals surface area contributed by atoms with Gasteiger partial charge in [-0.25, -0.2) is 0 Å². The molecule has 0 saturated carbocycles. The topological polar surface area (TPSA) is 38.7 Å². The van der Waals surface area contributed by atoms with Crippen LogP contribution in [0.5, 0.6) is 0 Å². The monoisotopic (exact) mass is 128 g/mol. The molecule has 0 amide bonds. The van der Waals surface area contributed by atoms with E-state index in [1.54, 1.807) is 6.08 Å². The van der Waals surface area contributed by atoms with Crippen LogP contribution in [0.1, 0.15) is 0 Å². The SMILES string of the molecule is O[C@@H]1C=C[C@H]2COC1O2. The summed E-state index contributed by atoms with van der Waals surface area (Å²) in [7, 11) is 0. The van der Waals surface area contributed by atoms with Gasteiger partial charge in [-0.1, -0.05) is 12.2 Å².